The van der Waals surface area contributed by atoms with Gasteiger partial charge in [0.05, 0.1) is 23.1 Å². The molecule has 1 N–H and O–H groups in total. The van der Waals surface area contributed by atoms with Gasteiger partial charge in [0.25, 0.3) is 0 Å². The van der Waals surface area contributed by atoms with Gasteiger partial charge in [-0.2, -0.15) is 0 Å². The minimum Gasteiger partial charge on any atom is -0.397 e. The largest absolute Gasteiger partial charge is 0.413 e. The number of carbonyl (C=O) groups is 1. The standard InChI is InChI=1S/C20H21FN4O4S/c1-12-15(19(25-29-12)16-4-2-13(21)10-22-16)3-5-17-23-11-18(30-17)28-20(26)24-14-6-8-27-9-7-14/h2,4,10-11,14H,3,5-9H2,1H3,(H,24,26). The summed E-state index contributed by atoms with van der Waals surface area (Å²) >= 11 is 1.32. The molecule has 4 rings (SSSR count). The number of nitrogens with zero attached hydrogens (tertiary/aromatic N) is 3. The summed E-state index contributed by atoms with van der Waals surface area (Å²) in [5.41, 5.74) is 2.04. The van der Waals surface area contributed by atoms with Crippen LogP contribution in [-0.2, 0) is 17.6 Å². The first-order chi connectivity index (χ1) is 14.6. The van der Waals surface area contributed by atoms with Gasteiger partial charge in [0, 0.05) is 31.2 Å². The molecule has 8 nitrogen and oxygen atoms in total. The van der Waals surface area contributed by atoms with Crippen LogP contribution in [0, 0.1) is 12.7 Å². The Morgan fingerprint density at radius 3 is 2.87 bits per heavy atom. The summed E-state index contributed by atoms with van der Waals surface area (Å²) in [4.78, 5) is 20.5. The normalized spacial score (nSPS) is 14.6. The lowest BCUT2D eigenvalue weighted by Crippen LogP contribution is -2.40. The summed E-state index contributed by atoms with van der Waals surface area (Å²) in [6.45, 7) is 3.12. The smallest absolute Gasteiger partial charge is 0.397 e. The van der Waals surface area contributed by atoms with E-state index in [2.05, 4.69) is 20.4 Å². The minimum atomic E-state index is -0.475. The fourth-order valence-electron chi connectivity index (χ4n) is 3.22. The van der Waals surface area contributed by atoms with Gasteiger partial charge in [0.1, 0.15) is 17.3 Å². The molecule has 1 saturated heterocycles. The van der Waals surface area contributed by atoms with E-state index in [1.807, 2.05) is 6.92 Å². The van der Waals surface area contributed by atoms with Gasteiger partial charge in [-0.3, -0.25) is 4.98 Å². The third-order valence-electron chi connectivity index (χ3n) is 4.81. The summed E-state index contributed by atoms with van der Waals surface area (Å²) in [6.07, 6.45) is 5.03. The van der Waals surface area contributed by atoms with Crippen LogP contribution < -0.4 is 10.1 Å². The number of aromatic nitrogens is 3. The molecule has 0 saturated carbocycles. The lowest BCUT2D eigenvalue weighted by molar-refractivity contribution is 0.0779. The first-order valence-electron chi connectivity index (χ1n) is 9.66. The molecule has 1 aliphatic rings. The third kappa shape index (κ3) is 5.00. The number of rotatable bonds is 6. The van der Waals surface area contributed by atoms with Crippen molar-refractivity contribution >= 4 is 17.4 Å². The molecule has 1 amide bonds. The zero-order valence-corrected chi connectivity index (χ0v) is 17.2. The molecule has 158 valence electrons. The summed E-state index contributed by atoms with van der Waals surface area (Å²) in [5.74, 6) is 0.275. The predicted octanol–water partition coefficient (Wildman–Crippen LogP) is 3.69. The van der Waals surface area contributed by atoms with E-state index in [0.29, 0.717) is 48.3 Å². The van der Waals surface area contributed by atoms with Crippen LogP contribution in [0.15, 0.2) is 29.0 Å². The van der Waals surface area contributed by atoms with Crippen LogP contribution in [0.2, 0.25) is 0 Å². The maximum absolute atomic E-state index is 13.1. The number of thiazole rings is 1. The highest BCUT2D eigenvalue weighted by Crippen LogP contribution is 2.27. The second kappa shape index (κ2) is 9.31. The van der Waals surface area contributed by atoms with Crippen molar-refractivity contribution in [2.24, 2.45) is 0 Å². The minimum absolute atomic E-state index is 0.0775. The highest BCUT2D eigenvalue weighted by Gasteiger charge is 2.19. The Morgan fingerprint density at radius 2 is 2.10 bits per heavy atom. The molecule has 30 heavy (non-hydrogen) atoms. The van der Waals surface area contributed by atoms with E-state index in [-0.39, 0.29) is 6.04 Å². The quantitative estimate of drug-likeness (QED) is 0.634. The number of nitrogens with one attached hydrogen (secondary N) is 1. The SMILES string of the molecule is Cc1onc(-c2ccc(F)cn2)c1CCc1ncc(OC(=O)NC2CCOCC2)s1. The van der Waals surface area contributed by atoms with Crippen molar-refractivity contribution in [1.29, 1.82) is 0 Å². The van der Waals surface area contributed by atoms with Gasteiger partial charge in [-0.15, -0.1) is 0 Å². The van der Waals surface area contributed by atoms with Gasteiger partial charge in [-0.1, -0.05) is 16.5 Å². The van der Waals surface area contributed by atoms with Crippen molar-refractivity contribution < 1.29 is 23.2 Å². The molecule has 1 aliphatic heterocycles. The van der Waals surface area contributed by atoms with Crippen LogP contribution >= 0.6 is 11.3 Å². The highest BCUT2D eigenvalue weighted by molar-refractivity contribution is 7.13. The molecule has 10 heteroatoms. The number of hydrogen-bond donors (Lipinski definition) is 1. The van der Waals surface area contributed by atoms with Gasteiger partial charge >= 0.3 is 6.09 Å². The van der Waals surface area contributed by atoms with Crippen LogP contribution in [0.25, 0.3) is 11.4 Å². The van der Waals surface area contributed by atoms with Crippen molar-refractivity contribution in [3.63, 3.8) is 0 Å². The van der Waals surface area contributed by atoms with Gasteiger partial charge in [-0.25, -0.2) is 14.2 Å². The van der Waals surface area contributed by atoms with Crippen molar-refractivity contribution in [2.75, 3.05) is 13.2 Å². The second-order valence-electron chi connectivity index (χ2n) is 6.92. The molecule has 0 unspecified atom stereocenters. The van der Waals surface area contributed by atoms with Crippen molar-refractivity contribution in [3.8, 4) is 16.5 Å². The maximum Gasteiger partial charge on any atom is 0.413 e. The Bertz CT molecular complexity index is 999. The number of pyridine rings is 1. The number of amides is 1. The Morgan fingerprint density at radius 1 is 1.27 bits per heavy atom. The maximum atomic E-state index is 13.1. The molecule has 0 atom stereocenters. The van der Waals surface area contributed by atoms with Crippen molar-refractivity contribution in [3.05, 3.63) is 46.7 Å². The van der Waals surface area contributed by atoms with Crippen LogP contribution in [-0.4, -0.2) is 40.5 Å². The first kappa shape index (κ1) is 20.4. The number of hydrogen-bond acceptors (Lipinski definition) is 8. The summed E-state index contributed by atoms with van der Waals surface area (Å²) in [6, 6.07) is 2.99. The molecule has 0 aromatic carbocycles. The molecule has 0 radical (unpaired) electrons. The third-order valence-corrected chi connectivity index (χ3v) is 5.75. The van der Waals surface area contributed by atoms with E-state index in [4.69, 9.17) is 14.0 Å². The van der Waals surface area contributed by atoms with Crippen LogP contribution in [0.4, 0.5) is 9.18 Å². The average molecular weight is 432 g/mol. The van der Waals surface area contributed by atoms with Crippen molar-refractivity contribution in [2.45, 2.75) is 38.6 Å². The Labute approximate surface area is 176 Å². The fourth-order valence-corrected chi connectivity index (χ4v) is 3.98. The molecular formula is C20H21FN4O4S. The Hall–Kier alpha value is -2.85. The van der Waals surface area contributed by atoms with Crippen molar-refractivity contribution in [1.82, 2.24) is 20.4 Å². The van der Waals surface area contributed by atoms with Gasteiger partial charge in [-0.05, 0) is 38.3 Å². The van der Waals surface area contributed by atoms with Gasteiger partial charge < -0.3 is 19.3 Å². The van der Waals surface area contributed by atoms with E-state index in [1.54, 1.807) is 12.3 Å². The summed E-state index contributed by atoms with van der Waals surface area (Å²) in [5, 5.41) is 8.18. The number of carbonyl (C=O) groups excluding carboxylic acids is 1. The number of halogens is 1. The predicted molar refractivity (Wildman–Crippen MR) is 107 cm³/mol. The zero-order valence-electron chi connectivity index (χ0n) is 16.4. The topological polar surface area (TPSA) is 99.4 Å². The van der Waals surface area contributed by atoms with E-state index in [0.717, 1.165) is 29.6 Å². The summed E-state index contributed by atoms with van der Waals surface area (Å²) < 4.78 is 29.1. The van der Waals surface area contributed by atoms with E-state index < -0.39 is 11.9 Å². The highest BCUT2D eigenvalue weighted by atomic mass is 32.1. The number of aryl methyl sites for hydroxylation is 2. The monoisotopic (exact) mass is 432 g/mol. The zero-order chi connectivity index (χ0) is 20.9. The molecule has 0 bridgehead atoms. The fraction of sp³-hybridized carbons (Fsp3) is 0.400. The van der Waals surface area contributed by atoms with Crippen LogP contribution in [0.5, 0.6) is 5.06 Å². The van der Waals surface area contributed by atoms with E-state index in [1.165, 1.54) is 17.4 Å². The number of ether oxygens (including phenoxy) is 2. The Balaban J connectivity index is 1.35. The van der Waals surface area contributed by atoms with Crippen LogP contribution in [0.1, 0.15) is 29.2 Å². The molecule has 4 heterocycles. The van der Waals surface area contributed by atoms with E-state index in [9.17, 15) is 9.18 Å². The lowest BCUT2D eigenvalue weighted by Gasteiger charge is -2.22. The van der Waals surface area contributed by atoms with Gasteiger partial charge in [0.2, 0.25) is 5.06 Å². The molecule has 0 aliphatic carbocycles. The molecule has 3 aromatic rings. The Kier molecular flexibility index (Phi) is 6.34. The molecular weight excluding hydrogens is 411 g/mol. The second-order valence-corrected chi connectivity index (χ2v) is 8.00. The lowest BCUT2D eigenvalue weighted by atomic mass is 10.1. The average Bonchev–Trinajstić information content (AvgIpc) is 3.34. The van der Waals surface area contributed by atoms with Gasteiger partial charge in [0.15, 0.2) is 0 Å². The molecule has 0 spiro atoms. The van der Waals surface area contributed by atoms with Crippen LogP contribution in [0.3, 0.4) is 0 Å². The summed E-state index contributed by atoms with van der Waals surface area (Å²) in [7, 11) is 0. The molecule has 1 fully saturated rings. The van der Waals surface area contributed by atoms with E-state index >= 15 is 0 Å². The first-order valence-corrected chi connectivity index (χ1v) is 10.5. The molecule has 3 aromatic heterocycles.